The average molecular weight is 516 g/mol. The minimum Gasteiger partial charge on any atom is -0.472 e. The molecule has 10 heteroatoms. The Morgan fingerprint density at radius 2 is 1.70 bits per heavy atom. The summed E-state index contributed by atoms with van der Waals surface area (Å²) in [5.74, 6) is -0.411. The number of ether oxygens (including phenoxy) is 1. The molecular weight excluding hydrogens is 490 g/mol. The van der Waals surface area contributed by atoms with Gasteiger partial charge in [-0.25, -0.2) is 18.1 Å². The molecule has 0 saturated carbocycles. The Morgan fingerprint density at radius 1 is 0.946 bits per heavy atom. The van der Waals surface area contributed by atoms with Crippen molar-refractivity contribution in [3.63, 3.8) is 0 Å². The van der Waals surface area contributed by atoms with Gasteiger partial charge in [-0.15, -0.1) is 0 Å². The molecule has 188 valence electrons. The number of hydrogen-bond donors (Lipinski definition) is 2. The van der Waals surface area contributed by atoms with Gasteiger partial charge < -0.3 is 10.1 Å². The Morgan fingerprint density at radius 3 is 2.43 bits per heavy atom. The molecule has 2 aromatic carbocycles. The third-order valence-corrected chi connectivity index (χ3v) is 7.34. The van der Waals surface area contributed by atoms with Crippen LogP contribution in [0.3, 0.4) is 0 Å². The van der Waals surface area contributed by atoms with Crippen molar-refractivity contribution in [3.8, 4) is 28.4 Å². The van der Waals surface area contributed by atoms with Gasteiger partial charge in [-0.2, -0.15) is 4.98 Å². The van der Waals surface area contributed by atoms with E-state index < -0.39 is 22.0 Å². The van der Waals surface area contributed by atoms with Gasteiger partial charge in [0.05, 0.1) is 28.4 Å². The molecule has 0 unspecified atom stereocenters. The van der Waals surface area contributed by atoms with Crippen LogP contribution in [0.5, 0.6) is 5.88 Å². The van der Waals surface area contributed by atoms with Gasteiger partial charge in [0.25, 0.3) is 15.9 Å². The maximum absolute atomic E-state index is 13.3. The van der Waals surface area contributed by atoms with E-state index in [0.717, 1.165) is 16.7 Å². The van der Waals surface area contributed by atoms with Crippen molar-refractivity contribution in [1.82, 2.24) is 20.3 Å². The molecular formula is C27H25N5O4S. The molecule has 4 aromatic rings. The molecule has 1 aliphatic heterocycles. The predicted octanol–water partition coefficient (Wildman–Crippen LogP) is 4.13. The molecule has 1 aliphatic rings. The van der Waals surface area contributed by atoms with E-state index in [9.17, 15) is 13.2 Å². The molecule has 9 nitrogen and oxygen atoms in total. The van der Waals surface area contributed by atoms with Crippen LogP contribution in [0.25, 0.3) is 22.5 Å². The van der Waals surface area contributed by atoms with Gasteiger partial charge >= 0.3 is 0 Å². The fourth-order valence-electron chi connectivity index (χ4n) is 4.24. The van der Waals surface area contributed by atoms with Gasteiger partial charge in [0.15, 0.2) is 0 Å². The highest BCUT2D eigenvalue weighted by atomic mass is 32.2. The van der Waals surface area contributed by atoms with E-state index in [-0.39, 0.29) is 28.8 Å². The molecule has 1 atom stereocenters. The number of rotatable bonds is 2. The lowest BCUT2D eigenvalue weighted by molar-refractivity contribution is 0.0930. The quantitative estimate of drug-likeness (QED) is 0.411. The zero-order valence-electron chi connectivity index (χ0n) is 20.5. The highest BCUT2D eigenvalue weighted by Crippen LogP contribution is 2.40. The van der Waals surface area contributed by atoms with E-state index in [4.69, 9.17) is 9.72 Å². The van der Waals surface area contributed by atoms with Gasteiger partial charge in [0, 0.05) is 17.3 Å². The van der Waals surface area contributed by atoms with Crippen molar-refractivity contribution in [2.24, 2.45) is 0 Å². The van der Waals surface area contributed by atoms with Crippen LogP contribution in [0, 0.1) is 13.8 Å². The number of pyridine rings is 1. The smallest absolute Gasteiger partial charge is 0.264 e. The number of fused-ring (bicyclic) bond motifs is 4. The number of carbonyl (C=O) groups excluding carboxylic acids is 1. The summed E-state index contributed by atoms with van der Waals surface area (Å²) in [5.41, 5.74) is 4.50. The summed E-state index contributed by atoms with van der Waals surface area (Å²) < 4.78 is 35.3. The molecule has 0 radical (unpaired) electrons. The summed E-state index contributed by atoms with van der Waals surface area (Å²) in [7, 11) is -4.12. The standard InChI is InChI=1S/C27H25N5O4S/c1-16-8-6-9-17(2)22(16)24-23(21-12-4-5-13-28-21)26-31-27(30-24)32-37(34,35)20-11-7-10-19(14-20)25(33)29-15-18(3)36-26/h4-14,18H,15H2,1-3H3,(H,29,33)(H,30,31,32)/t18-/m1/s1. The molecule has 37 heavy (non-hydrogen) atoms. The average Bonchev–Trinajstić information content (AvgIpc) is 2.87. The third-order valence-electron chi connectivity index (χ3n) is 6.01. The fraction of sp³-hybridized carbons (Fsp3) is 0.185. The second kappa shape index (κ2) is 9.62. The van der Waals surface area contributed by atoms with Gasteiger partial charge in [0.1, 0.15) is 6.10 Å². The third kappa shape index (κ3) is 4.88. The van der Waals surface area contributed by atoms with Crippen LogP contribution in [0.2, 0.25) is 0 Å². The Bertz CT molecular complexity index is 1590. The minimum atomic E-state index is -4.12. The summed E-state index contributed by atoms with van der Waals surface area (Å²) in [6, 6.07) is 17.1. The molecule has 5 rings (SSSR count). The molecule has 2 N–H and O–H groups in total. The second-order valence-corrected chi connectivity index (χ2v) is 10.5. The van der Waals surface area contributed by atoms with Gasteiger partial charge in [0.2, 0.25) is 11.8 Å². The fourth-order valence-corrected chi connectivity index (χ4v) is 5.23. The zero-order chi connectivity index (χ0) is 26.2. The van der Waals surface area contributed by atoms with Crippen molar-refractivity contribution in [2.45, 2.75) is 31.8 Å². The summed E-state index contributed by atoms with van der Waals surface area (Å²) in [6.07, 6.45) is 1.16. The molecule has 4 bridgehead atoms. The zero-order valence-corrected chi connectivity index (χ0v) is 21.3. The Kier molecular flexibility index (Phi) is 6.34. The summed E-state index contributed by atoms with van der Waals surface area (Å²) in [5, 5.41) is 2.80. The van der Waals surface area contributed by atoms with Crippen LogP contribution in [0.1, 0.15) is 28.4 Å². The first-order valence-corrected chi connectivity index (χ1v) is 13.2. The molecule has 1 amide bonds. The van der Waals surface area contributed by atoms with Crippen LogP contribution in [-0.2, 0) is 10.0 Å². The number of hydrogen-bond acceptors (Lipinski definition) is 7. The highest BCUT2D eigenvalue weighted by molar-refractivity contribution is 7.92. The lowest BCUT2D eigenvalue weighted by Crippen LogP contribution is -2.33. The van der Waals surface area contributed by atoms with Crippen LogP contribution in [-0.4, -0.2) is 41.9 Å². The topological polar surface area (TPSA) is 123 Å². The SMILES string of the molecule is Cc1cccc(C)c1-c1nc2nc(c1-c1ccccn1)O[C@H](C)CNC(=O)c1cccc(c1)S(=O)(=O)N2. The van der Waals surface area contributed by atoms with Gasteiger partial charge in [-0.05, 0) is 62.2 Å². The molecule has 0 saturated heterocycles. The van der Waals surface area contributed by atoms with Crippen molar-refractivity contribution in [2.75, 3.05) is 11.3 Å². The Hall–Kier alpha value is -4.31. The van der Waals surface area contributed by atoms with E-state index in [1.54, 1.807) is 25.3 Å². The minimum absolute atomic E-state index is 0.0825. The van der Waals surface area contributed by atoms with E-state index in [1.807, 2.05) is 44.2 Å². The number of amides is 1. The summed E-state index contributed by atoms with van der Waals surface area (Å²) in [6.45, 7) is 5.89. The number of sulfonamides is 1. The van der Waals surface area contributed by atoms with Gasteiger partial charge in [-0.3, -0.25) is 9.78 Å². The normalized spacial score (nSPS) is 16.7. The summed E-state index contributed by atoms with van der Waals surface area (Å²) in [4.78, 5) is 26.3. The van der Waals surface area contributed by atoms with E-state index >= 15 is 0 Å². The lowest BCUT2D eigenvalue weighted by Gasteiger charge is -2.21. The number of anilines is 1. The highest BCUT2D eigenvalue weighted by Gasteiger charge is 2.26. The molecule has 2 aromatic heterocycles. The number of nitrogens with zero attached hydrogens (tertiary/aromatic N) is 3. The summed E-state index contributed by atoms with van der Waals surface area (Å²) >= 11 is 0. The maximum atomic E-state index is 13.3. The van der Waals surface area contributed by atoms with Crippen molar-refractivity contribution in [3.05, 3.63) is 83.6 Å². The predicted molar refractivity (Wildman–Crippen MR) is 140 cm³/mol. The first-order chi connectivity index (χ1) is 17.7. The van der Waals surface area contributed by atoms with E-state index in [2.05, 4.69) is 20.0 Å². The molecule has 3 heterocycles. The largest absolute Gasteiger partial charge is 0.472 e. The first-order valence-electron chi connectivity index (χ1n) is 11.7. The van der Waals surface area contributed by atoms with E-state index in [0.29, 0.717) is 17.0 Å². The monoisotopic (exact) mass is 515 g/mol. The lowest BCUT2D eigenvalue weighted by atomic mass is 9.95. The number of benzene rings is 2. The first kappa shape index (κ1) is 24.4. The Balaban J connectivity index is 1.80. The van der Waals surface area contributed by atoms with E-state index in [1.165, 1.54) is 18.2 Å². The number of carbonyl (C=O) groups is 1. The van der Waals surface area contributed by atoms with Crippen LogP contribution in [0.15, 0.2) is 71.8 Å². The molecule has 0 aliphatic carbocycles. The molecule has 0 spiro atoms. The van der Waals surface area contributed by atoms with Crippen LogP contribution >= 0.6 is 0 Å². The Labute approximate surface area is 215 Å². The maximum Gasteiger partial charge on any atom is 0.264 e. The van der Waals surface area contributed by atoms with Gasteiger partial charge in [-0.1, -0.05) is 30.3 Å². The van der Waals surface area contributed by atoms with Crippen molar-refractivity contribution in [1.29, 1.82) is 0 Å². The number of nitrogens with one attached hydrogen (secondary N) is 2. The number of aromatic nitrogens is 3. The second-order valence-electron chi connectivity index (χ2n) is 8.83. The van der Waals surface area contributed by atoms with Crippen LogP contribution in [0.4, 0.5) is 5.95 Å². The molecule has 0 fully saturated rings. The van der Waals surface area contributed by atoms with Crippen molar-refractivity contribution >= 4 is 21.9 Å². The van der Waals surface area contributed by atoms with Crippen molar-refractivity contribution < 1.29 is 17.9 Å². The van der Waals surface area contributed by atoms with Crippen LogP contribution < -0.4 is 14.8 Å². The number of aryl methyl sites for hydroxylation is 2.